The Bertz CT molecular complexity index is 462. The zero-order chi connectivity index (χ0) is 13.2. The Morgan fingerprint density at radius 3 is 2.72 bits per heavy atom. The van der Waals surface area contributed by atoms with Crippen molar-refractivity contribution < 1.29 is 24.6 Å². The number of nitrogens with zero attached hydrogens (tertiary/aromatic N) is 2. The third kappa shape index (κ3) is 2.55. The van der Waals surface area contributed by atoms with Crippen LogP contribution >= 0.6 is 0 Å². The van der Waals surface area contributed by atoms with Gasteiger partial charge in [0.2, 0.25) is 11.8 Å². The largest absolute Gasteiger partial charge is 0.534 e. The molecule has 0 saturated carbocycles. The Morgan fingerprint density at radius 1 is 1.50 bits per heavy atom. The van der Waals surface area contributed by atoms with E-state index in [-0.39, 0.29) is 6.61 Å². The quantitative estimate of drug-likeness (QED) is 0.787. The van der Waals surface area contributed by atoms with Gasteiger partial charge in [-0.1, -0.05) is 0 Å². The average Bonchev–Trinajstić information content (AvgIpc) is 2.89. The number of aromatic nitrogens is 1. The van der Waals surface area contributed by atoms with Crippen LogP contribution in [0.4, 0.5) is 4.79 Å². The SMILES string of the molecule is CC1(COC(=O)On2c(O)ccc2O)CCC=N1. The van der Waals surface area contributed by atoms with Gasteiger partial charge in [-0.3, -0.25) is 9.83 Å². The van der Waals surface area contributed by atoms with E-state index in [4.69, 9.17) is 4.74 Å². The lowest BCUT2D eigenvalue weighted by atomic mass is 10.0. The molecule has 0 radical (unpaired) electrons. The van der Waals surface area contributed by atoms with Crippen LogP contribution in [0.5, 0.6) is 11.8 Å². The molecule has 2 N–H and O–H groups in total. The first kappa shape index (κ1) is 12.3. The molecule has 7 heteroatoms. The Kier molecular flexibility index (Phi) is 3.14. The van der Waals surface area contributed by atoms with Crippen LogP contribution < -0.4 is 4.84 Å². The van der Waals surface area contributed by atoms with E-state index in [1.165, 1.54) is 12.1 Å². The summed E-state index contributed by atoms with van der Waals surface area (Å²) in [6, 6.07) is 2.37. The summed E-state index contributed by atoms with van der Waals surface area (Å²) >= 11 is 0. The second kappa shape index (κ2) is 4.59. The molecule has 1 aliphatic rings. The predicted octanol–water partition coefficient (Wildman–Crippen LogP) is 1.09. The van der Waals surface area contributed by atoms with Gasteiger partial charge < -0.3 is 14.9 Å². The van der Waals surface area contributed by atoms with E-state index in [2.05, 4.69) is 9.83 Å². The van der Waals surface area contributed by atoms with Crippen LogP contribution in [0.2, 0.25) is 0 Å². The summed E-state index contributed by atoms with van der Waals surface area (Å²) in [4.78, 5) is 20.2. The number of carbonyl (C=O) groups excluding carboxylic acids is 1. The van der Waals surface area contributed by atoms with Crippen molar-refractivity contribution in [2.24, 2.45) is 4.99 Å². The minimum atomic E-state index is -1.01. The van der Waals surface area contributed by atoms with Gasteiger partial charge in [-0.25, -0.2) is 4.79 Å². The fourth-order valence-electron chi connectivity index (χ4n) is 1.65. The smallest absolute Gasteiger partial charge is 0.492 e. The lowest BCUT2D eigenvalue weighted by Gasteiger charge is -2.19. The van der Waals surface area contributed by atoms with Crippen molar-refractivity contribution in [2.75, 3.05) is 6.61 Å². The third-order valence-corrected chi connectivity index (χ3v) is 2.68. The summed E-state index contributed by atoms with van der Waals surface area (Å²) in [6.45, 7) is 1.96. The van der Waals surface area contributed by atoms with Gasteiger partial charge in [-0.05, 0) is 26.0 Å². The van der Waals surface area contributed by atoms with Gasteiger partial charge in [-0.15, -0.1) is 4.73 Å². The fourth-order valence-corrected chi connectivity index (χ4v) is 1.65. The molecule has 1 aliphatic heterocycles. The van der Waals surface area contributed by atoms with Gasteiger partial charge >= 0.3 is 6.16 Å². The highest BCUT2D eigenvalue weighted by Crippen LogP contribution is 2.23. The van der Waals surface area contributed by atoms with E-state index in [0.717, 1.165) is 12.8 Å². The molecule has 0 spiro atoms. The maximum Gasteiger partial charge on any atom is 0.534 e. The molecule has 2 rings (SSSR count). The molecule has 18 heavy (non-hydrogen) atoms. The number of aliphatic imine (C=N–C) groups is 1. The summed E-state index contributed by atoms with van der Waals surface area (Å²) in [5.41, 5.74) is -0.417. The molecule has 0 amide bonds. The molecule has 7 nitrogen and oxygen atoms in total. The van der Waals surface area contributed by atoms with Crippen LogP contribution in [0, 0.1) is 0 Å². The highest BCUT2D eigenvalue weighted by atomic mass is 16.8. The van der Waals surface area contributed by atoms with Crippen LogP contribution in [0.1, 0.15) is 19.8 Å². The summed E-state index contributed by atoms with van der Waals surface area (Å²) in [6.07, 6.45) is 2.44. The first-order valence-electron chi connectivity index (χ1n) is 5.49. The van der Waals surface area contributed by atoms with Gasteiger partial charge in [0.05, 0.1) is 5.54 Å². The molecule has 0 bridgehead atoms. The number of hydrogen-bond acceptors (Lipinski definition) is 6. The first-order chi connectivity index (χ1) is 8.50. The maximum atomic E-state index is 11.4. The van der Waals surface area contributed by atoms with E-state index in [1.807, 2.05) is 6.92 Å². The molecule has 0 aliphatic carbocycles. The number of hydrogen-bond donors (Lipinski definition) is 2. The summed E-state index contributed by atoms with van der Waals surface area (Å²) in [5, 5.41) is 18.5. The van der Waals surface area contributed by atoms with Gasteiger partial charge in [0.1, 0.15) is 6.61 Å². The highest BCUT2D eigenvalue weighted by molar-refractivity contribution is 5.62. The van der Waals surface area contributed by atoms with Crippen molar-refractivity contribution in [1.29, 1.82) is 0 Å². The molecule has 0 saturated heterocycles. The molecule has 0 aromatic carbocycles. The van der Waals surface area contributed by atoms with Gasteiger partial charge in [-0.2, -0.15) is 0 Å². The van der Waals surface area contributed by atoms with Crippen molar-refractivity contribution >= 4 is 12.4 Å². The average molecular weight is 254 g/mol. The highest BCUT2D eigenvalue weighted by Gasteiger charge is 2.28. The first-order valence-corrected chi connectivity index (χ1v) is 5.49. The third-order valence-electron chi connectivity index (χ3n) is 2.68. The van der Waals surface area contributed by atoms with Crippen LogP contribution in [-0.4, -0.2) is 39.5 Å². The van der Waals surface area contributed by atoms with E-state index >= 15 is 0 Å². The van der Waals surface area contributed by atoms with E-state index in [9.17, 15) is 15.0 Å². The minimum absolute atomic E-state index is 0.0884. The molecular formula is C11H14N2O5. The molecular weight excluding hydrogens is 240 g/mol. The zero-order valence-electron chi connectivity index (χ0n) is 9.87. The van der Waals surface area contributed by atoms with E-state index in [1.54, 1.807) is 6.21 Å². The zero-order valence-corrected chi connectivity index (χ0v) is 9.87. The minimum Gasteiger partial charge on any atom is -0.492 e. The van der Waals surface area contributed by atoms with Gasteiger partial charge in [0.15, 0.2) is 0 Å². The predicted molar refractivity (Wildman–Crippen MR) is 61.8 cm³/mol. The maximum absolute atomic E-state index is 11.4. The fraction of sp³-hybridized carbons (Fsp3) is 0.455. The molecule has 1 unspecified atom stereocenters. The second-order valence-corrected chi connectivity index (χ2v) is 4.32. The Labute approximate surface area is 103 Å². The molecule has 2 heterocycles. The summed E-state index contributed by atoms with van der Waals surface area (Å²) < 4.78 is 5.47. The van der Waals surface area contributed by atoms with Crippen LogP contribution in [-0.2, 0) is 4.74 Å². The number of carbonyl (C=O) groups is 1. The van der Waals surface area contributed by atoms with Crippen molar-refractivity contribution in [2.45, 2.75) is 25.3 Å². The number of rotatable bonds is 3. The number of aromatic hydroxyl groups is 2. The Hall–Kier alpha value is -2.18. The molecule has 1 aromatic heterocycles. The number of ether oxygens (including phenoxy) is 1. The Morgan fingerprint density at radius 2 is 2.17 bits per heavy atom. The molecule has 98 valence electrons. The van der Waals surface area contributed by atoms with E-state index in [0.29, 0.717) is 4.73 Å². The molecule has 0 fully saturated rings. The second-order valence-electron chi connectivity index (χ2n) is 4.32. The van der Waals surface area contributed by atoms with Gasteiger partial charge in [0.25, 0.3) is 0 Å². The van der Waals surface area contributed by atoms with Crippen molar-refractivity contribution in [3.8, 4) is 11.8 Å². The molecule has 1 aromatic rings. The standard InChI is InChI=1S/C11H14N2O5/c1-11(5-2-6-12-11)7-17-10(16)18-13-8(14)3-4-9(13)15/h3-4,6,14-15H,2,5,7H2,1H3. The summed E-state index contributed by atoms with van der Waals surface area (Å²) in [5.74, 6) is -0.788. The monoisotopic (exact) mass is 254 g/mol. The van der Waals surface area contributed by atoms with Crippen molar-refractivity contribution in [1.82, 2.24) is 4.73 Å². The summed E-state index contributed by atoms with van der Waals surface area (Å²) in [7, 11) is 0. The topological polar surface area (TPSA) is 93.3 Å². The Balaban J connectivity index is 1.88. The normalized spacial score (nSPS) is 22.1. The van der Waals surface area contributed by atoms with E-state index < -0.39 is 23.5 Å². The van der Waals surface area contributed by atoms with Gasteiger partial charge in [0, 0.05) is 12.1 Å². The van der Waals surface area contributed by atoms with Crippen molar-refractivity contribution in [3.63, 3.8) is 0 Å². The molecule has 1 atom stereocenters. The van der Waals surface area contributed by atoms with Crippen LogP contribution in [0.25, 0.3) is 0 Å². The van der Waals surface area contributed by atoms with Crippen LogP contribution in [0.3, 0.4) is 0 Å². The lowest BCUT2D eigenvalue weighted by Crippen LogP contribution is -2.30. The van der Waals surface area contributed by atoms with Crippen molar-refractivity contribution in [3.05, 3.63) is 12.1 Å². The van der Waals surface area contributed by atoms with Crippen LogP contribution in [0.15, 0.2) is 17.1 Å². The lowest BCUT2D eigenvalue weighted by molar-refractivity contribution is 0.0251.